The Morgan fingerprint density at radius 1 is 1.29 bits per heavy atom. The van der Waals surface area contributed by atoms with Crippen molar-refractivity contribution in [2.45, 2.75) is 39.7 Å². The zero-order chi connectivity index (χ0) is 11.0. The van der Waals surface area contributed by atoms with Gasteiger partial charge in [-0.05, 0) is 30.8 Å². The van der Waals surface area contributed by atoms with E-state index < -0.39 is 0 Å². The van der Waals surface area contributed by atoms with Crippen LogP contribution in [0.15, 0.2) is 12.2 Å². The molecule has 0 saturated heterocycles. The Balaban J connectivity index is 3.97. The van der Waals surface area contributed by atoms with Crippen LogP contribution in [-0.2, 0) is 9.53 Å². The minimum atomic E-state index is 0.230. The standard InChI is InChI=1S/C12H22O2/c1-10(2)9-11(3)12(14-4)7-5-6-8-13/h5-6,8,10-12H,7,9H2,1-4H3. The van der Waals surface area contributed by atoms with Crippen molar-refractivity contribution < 1.29 is 9.53 Å². The third-order valence-corrected chi connectivity index (χ3v) is 2.36. The number of aldehydes is 1. The van der Waals surface area contributed by atoms with Crippen LogP contribution in [-0.4, -0.2) is 19.5 Å². The van der Waals surface area contributed by atoms with E-state index in [2.05, 4.69) is 20.8 Å². The lowest BCUT2D eigenvalue weighted by molar-refractivity contribution is -0.104. The summed E-state index contributed by atoms with van der Waals surface area (Å²) in [5, 5.41) is 0. The molecule has 0 bridgehead atoms. The van der Waals surface area contributed by atoms with Gasteiger partial charge in [0.05, 0.1) is 6.10 Å². The van der Waals surface area contributed by atoms with Crippen molar-refractivity contribution in [3.05, 3.63) is 12.2 Å². The van der Waals surface area contributed by atoms with Crippen LogP contribution in [0.4, 0.5) is 0 Å². The molecule has 0 saturated carbocycles. The number of ether oxygens (including phenoxy) is 1. The lowest BCUT2D eigenvalue weighted by atomic mass is 9.92. The summed E-state index contributed by atoms with van der Waals surface area (Å²) in [4.78, 5) is 10.1. The summed E-state index contributed by atoms with van der Waals surface area (Å²) in [5.41, 5.74) is 0. The van der Waals surface area contributed by atoms with Crippen LogP contribution in [0.2, 0.25) is 0 Å². The highest BCUT2D eigenvalue weighted by molar-refractivity contribution is 5.64. The predicted octanol–water partition coefficient (Wildman–Crippen LogP) is 2.83. The topological polar surface area (TPSA) is 26.3 Å². The Morgan fingerprint density at radius 2 is 1.93 bits per heavy atom. The number of hydrogen-bond donors (Lipinski definition) is 0. The maximum absolute atomic E-state index is 10.1. The average Bonchev–Trinajstić information content (AvgIpc) is 2.11. The number of carbonyl (C=O) groups is 1. The number of rotatable bonds is 7. The first kappa shape index (κ1) is 13.4. The normalized spacial score (nSPS) is 16.1. The molecule has 0 heterocycles. The molecule has 0 aromatic carbocycles. The third-order valence-electron chi connectivity index (χ3n) is 2.36. The molecule has 2 unspecified atom stereocenters. The first-order chi connectivity index (χ1) is 6.61. The summed E-state index contributed by atoms with van der Waals surface area (Å²) in [6.45, 7) is 6.62. The van der Waals surface area contributed by atoms with Crippen molar-refractivity contribution in [1.82, 2.24) is 0 Å². The van der Waals surface area contributed by atoms with Gasteiger partial charge in [-0.2, -0.15) is 0 Å². The molecule has 0 aliphatic rings. The Labute approximate surface area is 87.3 Å². The molecule has 82 valence electrons. The van der Waals surface area contributed by atoms with Gasteiger partial charge in [-0.1, -0.05) is 26.8 Å². The minimum absolute atomic E-state index is 0.230. The van der Waals surface area contributed by atoms with Crippen molar-refractivity contribution >= 4 is 6.29 Å². The molecule has 2 nitrogen and oxygen atoms in total. The second-order valence-electron chi connectivity index (χ2n) is 4.18. The Morgan fingerprint density at radius 3 is 2.36 bits per heavy atom. The second-order valence-corrected chi connectivity index (χ2v) is 4.18. The van der Waals surface area contributed by atoms with Gasteiger partial charge in [-0.15, -0.1) is 0 Å². The highest BCUT2D eigenvalue weighted by Gasteiger charge is 2.16. The molecule has 0 spiro atoms. The maximum atomic E-state index is 10.1. The molecule has 0 rings (SSSR count). The molecule has 2 heteroatoms. The molecule has 2 atom stereocenters. The van der Waals surface area contributed by atoms with E-state index in [9.17, 15) is 4.79 Å². The second kappa shape index (κ2) is 7.74. The fourth-order valence-corrected chi connectivity index (χ4v) is 1.72. The minimum Gasteiger partial charge on any atom is -0.381 e. The van der Waals surface area contributed by atoms with E-state index in [4.69, 9.17) is 4.74 Å². The van der Waals surface area contributed by atoms with E-state index in [1.54, 1.807) is 7.11 Å². The average molecular weight is 198 g/mol. The highest BCUT2D eigenvalue weighted by Crippen LogP contribution is 2.19. The quantitative estimate of drug-likeness (QED) is 0.464. The smallest absolute Gasteiger partial charge is 0.142 e. The monoisotopic (exact) mass is 198 g/mol. The fraction of sp³-hybridized carbons (Fsp3) is 0.750. The van der Waals surface area contributed by atoms with Crippen LogP contribution in [0.25, 0.3) is 0 Å². The largest absolute Gasteiger partial charge is 0.381 e. The molecule has 0 aromatic rings. The van der Waals surface area contributed by atoms with Crippen molar-refractivity contribution in [3.63, 3.8) is 0 Å². The van der Waals surface area contributed by atoms with Gasteiger partial charge in [0.2, 0.25) is 0 Å². The number of allylic oxidation sites excluding steroid dienone is 1. The van der Waals surface area contributed by atoms with Gasteiger partial charge < -0.3 is 4.74 Å². The van der Waals surface area contributed by atoms with Gasteiger partial charge in [0.1, 0.15) is 6.29 Å². The lowest BCUT2D eigenvalue weighted by Gasteiger charge is -2.22. The van der Waals surface area contributed by atoms with Crippen LogP contribution in [0.3, 0.4) is 0 Å². The van der Waals surface area contributed by atoms with Crippen LogP contribution < -0.4 is 0 Å². The summed E-state index contributed by atoms with van der Waals surface area (Å²) in [5.74, 6) is 1.23. The molecule has 14 heavy (non-hydrogen) atoms. The van der Waals surface area contributed by atoms with E-state index in [-0.39, 0.29) is 6.10 Å². The molecular weight excluding hydrogens is 176 g/mol. The van der Waals surface area contributed by atoms with Gasteiger partial charge in [-0.25, -0.2) is 0 Å². The van der Waals surface area contributed by atoms with E-state index in [0.717, 1.165) is 19.1 Å². The molecular formula is C12H22O2. The van der Waals surface area contributed by atoms with Gasteiger partial charge in [0.25, 0.3) is 0 Å². The van der Waals surface area contributed by atoms with E-state index >= 15 is 0 Å². The van der Waals surface area contributed by atoms with Gasteiger partial charge >= 0.3 is 0 Å². The Kier molecular flexibility index (Phi) is 7.40. The van der Waals surface area contributed by atoms with Crippen molar-refractivity contribution in [2.24, 2.45) is 11.8 Å². The van der Waals surface area contributed by atoms with Crippen molar-refractivity contribution in [2.75, 3.05) is 7.11 Å². The van der Waals surface area contributed by atoms with Gasteiger partial charge in [-0.3, -0.25) is 4.79 Å². The fourth-order valence-electron chi connectivity index (χ4n) is 1.72. The molecule has 0 aliphatic heterocycles. The summed E-state index contributed by atoms with van der Waals surface area (Å²) in [6.07, 6.45) is 6.43. The summed E-state index contributed by atoms with van der Waals surface area (Å²) in [6, 6.07) is 0. The summed E-state index contributed by atoms with van der Waals surface area (Å²) >= 11 is 0. The zero-order valence-corrected chi connectivity index (χ0v) is 9.69. The maximum Gasteiger partial charge on any atom is 0.142 e. The SMILES string of the molecule is COC(CC=CC=O)C(C)CC(C)C. The summed E-state index contributed by atoms with van der Waals surface area (Å²) in [7, 11) is 1.73. The molecule has 0 fully saturated rings. The molecule has 0 aliphatic carbocycles. The predicted molar refractivity (Wildman–Crippen MR) is 59.2 cm³/mol. The number of methoxy groups -OCH3 is 1. The van der Waals surface area contributed by atoms with Gasteiger partial charge in [0.15, 0.2) is 0 Å². The van der Waals surface area contributed by atoms with Crippen LogP contribution >= 0.6 is 0 Å². The highest BCUT2D eigenvalue weighted by atomic mass is 16.5. The van der Waals surface area contributed by atoms with E-state index in [1.807, 2.05) is 6.08 Å². The van der Waals surface area contributed by atoms with Crippen LogP contribution in [0.5, 0.6) is 0 Å². The molecule has 0 aromatic heterocycles. The van der Waals surface area contributed by atoms with Gasteiger partial charge in [0, 0.05) is 7.11 Å². The van der Waals surface area contributed by atoms with E-state index in [0.29, 0.717) is 11.8 Å². The van der Waals surface area contributed by atoms with E-state index in [1.165, 1.54) is 6.08 Å². The first-order valence-electron chi connectivity index (χ1n) is 5.24. The zero-order valence-electron chi connectivity index (χ0n) is 9.69. The van der Waals surface area contributed by atoms with Crippen LogP contribution in [0.1, 0.15) is 33.6 Å². The Hall–Kier alpha value is -0.630. The Bertz CT molecular complexity index is 173. The first-order valence-corrected chi connectivity index (χ1v) is 5.24. The lowest BCUT2D eigenvalue weighted by Crippen LogP contribution is -2.21. The van der Waals surface area contributed by atoms with Crippen molar-refractivity contribution in [1.29, 1.82) is 0 Å². The third kappa shape index (κ3) is 5.92. The summed E-state index contributed by atoms with van der Waals surface area (Å²) < 4.78 is 5.39. The number of hydrogen-bond acceptors (Lipinski definition) is 2. The molecule has 0 radical (unpaired) electrons. The molecule has 0 amide bonds. The molecule has 0 N–H and O–H groups in total. The number of carbonyl (C=O) groups excluding carboxylic acids is 1. The van der Waals surface area contributed by atoms with Crippen LogP contribution in [0, 0.1) is 11.8 Å². The van der Waals surface area contributed by atoms with Crippen molar-refractivity contribution in [3.8, 4) is 0 Å².